The fraction of sp³-hybridized carbons (Fsp3) is 0.111. The Balaban J connectivity index is 1.52. The van der Waals surface area contributed by atoms with Gasteiger partial charge in [0, 0.05) is 10.0 Å². The molecule has 0 aliphatic rings. The molecule has 0 spiro atoms. The minimum absolute atomic E-state index is 0.00360. The normalized spacial score (nSPS) is 10.9. The van der Waals surface area contributed by atoms with E-state index in [2.05, 4.69) is 41.6 Å². The lowest BCUT2D eigenvalue weighted by atomic mass is 10.2. The smallest absolute Gasteiger partial charge is 0.240 e. The molecule has 8 nitrogen and oxygen atoms in total. The number of anilines is 1. The molecule has 3 N–H and O–H groups in total. The van der Waals surface area contributed by atoms with Crippen LogP contribution in [0.5, 0.6) is 11.5 Å². The fourth-order valence-corrected chi connectivity index (χ4v) is 3.11. The second kappa shape index (κ2) is 9.38. The van der Waals surface area contributed by atoms with E-state index < -0.39 is 0 Å². The number of hydrogen-bond acceptors (Lipinski definition) is 8. The number of rotatable bonds is 8. The van der Waals surface area contributed by atoms with Crippen molar-refractivity contribution in [2.45, 2.75) is 5.16 Å². The SMILES string of the molecule is COc1cc(/C=N/Nc2nc(SCC(=O)c3ccc(Br)cc3)n[nH]2)ccc1O. The van der Waals surface area contributed by atoms with Crippen LogP contribution in [0.3, 0.4) is 0 Å². The molecule has 0 aliphatic carbocycles. The second-order valence-corrected chi connectivity index (χ2v) is 7.34. The lowest BCUT2D eigenvalue weighted by Gasteiger charge is -2.03. The van der Waals surface area contributed by atoms with Crippen LogP contribution in [-0.2, 0) is 0 Å². The van der Waals surface area contributed by atoms with Crippen molar-refractivity contribution in [1.29, 1.82) is 0 Å². The van der Waals surface area contributed by atoms with E-state index in [1.54, 1.807) is 30.5 Å². The minimum atomic E-state index is -0.00360. The highest BCUT2D eigenvalue weighted by Gasteiger charge is 2.09. The molecule has 3 aromatic rings. The number of carbonyl (C=O) groups excluding carboxylic acids is 1. The van der Waals surface area contributed by atoms with E-state index in [9.17, 15) is 9.90 Å². The number of phenols is 1. The molecule has 0 saturated heterocycles. The number of halogens is 1. The van der Waals surface area contributed by atoms with Gasteiger partial charge >= 0.3 is 0 Å². The van der Waals surface area contributed by atoms with Crippen LogP contribution in [0.1, 0.15) is 15.9 Å². The first-order chi connectivity index (χ1) is 13.5. The van der Waals surface area contributed by atoms with Gasteiger partial charge in [0.25, 0.3) is 0 Å². The summed E-state index contributed by atoms with van der Waals surface area (Å²) in [7, 11) is 1.48. The molecule has 10 heteroatoms. The monoisotopic (exact) mass is 461 g/mol. The summed E-state index contributed by atoms with van der Waals surface area (Å²) < 4.78 is 5.97. The average Bonchev–Trinajstić information content (AvgIpc) is 3.15. The molecule has 3 rings (SSSR count). The molecule has 1 heterocycles. The molecular weight excluding hydrogens is 446 g/mol. The van der Waals surface area contributed by atoms with Gasteiger partial charge in [0.15, 0.2) is 17.3 Å². The number of carbonyl (C=O) groups is 1. The van der Waals surface area contributed by atoms with Crippen LogP contribution in [0.25, 0.3) is 0 Å². The quantitative estimate of drug-likeness (QED) is 0.203. The Morgan fingerprint density at radius 3 is 2.89 bits per heavy atom. The molecule has 0 fully saturated rings. The van der Waals surface area contributed by atoms with E-state index in [-0.39, 0.29) is 17.3 Å². The highest BCUT2D eigenvalue weighted by molar-refractivity contribution is 9.10. The standard InChI is InChI=1S/C18H16BrN5O3S/c1-27-16-8-11(2-7-14(16)25)9-20-22-17-21-18(24-23-17)28-10-15(26)12-3-5-13(19)6-4-12/h2-9,25H,10H2,1H3,(H2,21,22,23,24)/b20-9+. The van der Waals surface area contributed by atoms with Crippen LogP contribution in [0.2, 0.25) is 0 Å². The van der Waals surface area contributed by atoms with Gasteiger partial charge in [0.05, 0.1) is 19.1 Å². The zero-order chi connectivity index (χ0) is 19.9. The Bertz CT molecular complexity index is 991. The first kappa shape index (κ1) is 19.9. The molecule has 0 unspecified atom stereocenters. The van der Waals surface area contributed by atoms with Gasteiger partial charge in [-0.15, -0.1) is 5.10 Å². The first-order valence-corrected chi connectivity index (χ1v) is 9.83. The molecule has 0 bridgehead atoms. The van der Waals surface area contributed by atoms with E-state index >= 15 is 0 Å². The van der Waals surface area contributed by atoms with E-state index in [1.165, 1.54) is 24.9 Å². The van der Waals surface area contributed by atoms with Gasteiger partial charge < -0.3 is 9.84 Å². The summed E-state index contributed by atoms with van der Waals surface area (Å²) in [5.74, 6) is 0.992. The third-order valence-electron chi connectivity index (χ3n) is 3.55. The highest BCUT2D eigenvalue weighted by atomic mass is 79.9. The van der Waals surface area contributed by atoms with E-state index in [1.807, 2.05) is 12.1 Å². The first-order valence-electron chi connectivity index (χ1n) is 8.05. The maximum atomic E-state index is 12.2. The van der Waals surface area contributed by atoms with Gasteiger partial charge in [-0.25, -0.2) is 10.5 Å². The second-order valence-electron chi connectivity index (χ2n) is 5.49. The lowest BCUT2D eigenvalue weighted by Crippen LogP contribution is -2.02. The summed E-state index contributed by atoms with van der Waals surface area (Å²) in [6.07, 6.45) is 1.55. The average molecular weight is 462 g/mol. The zero-order valence-electron chi connectivity index (χ0n) is 14.7. The largest absolute Gasteiger partial charge is 0.504 e. The number of aromatic nitrogens is 3. The van der Waals surface area contributed by atoms with Crippen molar-refractivity contribution < 1.29 is 14.6 Å². The van der Waals surface area contributed by atoms with E-state index in [4.69, 9.17) is 4.74 Å². The molecule has 2 aromatic carbocycles. The maximum Gasteiger partial charge on any atom is 0.240 e. The van der Waals surface area contributed by atoms with Gasteiger partial charge in [-0.1, -0.05) is 39.8 Å². The summed E-state index contributed by atoms with van der Waals surface area (Å²) in [6.45, 7) is 0. The number of ketones is 1. The van der Waals surface area contributed by atoms with Crippen molar-refractivity contribution in [2.75, 3.05) is 18.3 Å². The lowest BCUT2D eigenvalue weighted by molar-refractivity contribution is 0.102. The number of H-pyrrole nitrogens is 1. The van der Waals surface area contributed by atoms with Gasteiger partial charge in [-0.3, -0.25) is 4.79 Å². The van der Waals surface area contributed by atoms with Crippen molar-refractivity contribution in [1.82, 2.24) is 15.2 Å². The summed E-state index contributed by atoms with van der Waals surface area (Å²) >= 11 is 4.58. The number of phenolic OH excluding ortho intramolecular Hbond substituents is 1. The minimum Gasteiger partial charge on any atom is -0.504 e. The Morgan fingerprint density at radius 2 is 2.14 bits per heavy atom. The number of benzene rings is 2. The Hall–Kier alpha value is -2.85. The van der Waals surface area contributed by atoms with Gasteiger partial charge in [-0.2, -0.15) is 10.1 Å². The maximum absolute atomic E-state index is 12.2. The topological polar surface area (TPSA) is 112 Å². The van der Waals surface area contributed by atoms with Crippen molar-refractivity contribution in [3.8, 4) is 11.5 Å². The van der Waals surface area contributed by atoms with Crippen molar-refractivity contribution in [3.05, 3.63) is 58.1 Å². The Kier molecular flexibility index (Phi) is 6.66. The molecular formula is C18H16BrN5O3S. The molecule has 0 saturated carbocycles. The summed E-state index contributed by atoms with van der Waals surface area (Å²) in [5, 5.41) is 20.8. The number of hydrazone groups is 1. The number of Topliss-reactive ketones (excluding diaryl/α,β-unsaturated/α-hetero) is 1. The van der Waals surface area contributed by atoms with Crippen LogP contribution in [0.15, 0.2) is 57.2 Å². The summed E-state index contributed by atoms with van der Waals surface area (Å²) in [5.41, 5.74) is 4.09. The van der Waals surface area contributed by atoms with Crippen LogP contribution in [0.4, 0.5) is 5.95 Å². The fourth-order valence-electron chi connectivity index (χ4n) is 2.15. The van der Waals surface area contributed by atoms with Crippen LogP contribution >= 0.6 is 27.7 Å². The molecule has 28 heavy (non-hydrogen) atoms. The van der Waals surface area contributed by atoms with E-state index in [0.29, 0.717) is 22.4 Å². The van der Waals surface area contributed by atoms with Gasteiger partial charge in [0.2, 0.25) is 11.1 Å². The number of nitrogens with zero attached hydrogens (tertiary/aromatic N) is 3. The molecule has 0 atom stereocenters. The summed E-state index contributed by atoms with van der Waals surface area (Å²) in [6, 6.07) is 12.1. The highest BCUT2D eigenvalue weighted by Crippen LogP contribution is 2.25. The number of methoxy groups -OCH3 is 1. The van der Waals surface area contributed by atoms with Crippen molar-refractivity contribution in [3.63, 3.8) is 0 Å². The molecule has 144 valence electrons. The number of ether oxygens (including phenoxy) is 1. The van der Waals surface area contributed by atoms with Gasteiger partial charge in [0.1, 0.15) is 0 Å². The van der Waals surface area contributed by atoms with E-state index in [0.717, 1.165) is 10.0 Å². The van der Waals surface area contributed by atoms with Crippen LogP contribution < -0.4 is 10.2 Å². The predicted octanol–water partition coefficient (Wildman–Crippen LogP) is 3.70. The number of aromatic hydroxyl groups is 1. The molecule has 0 amide bonds. The summed E-state index contributed by atoms with van der Waals surface area (Å²) in [4.78, 5) is 16.4. The van der Waals surface area contributed by atoms with Crippen LogP contribution in [-0.4, -0.2) is 45.1 Å². The van der Waals surface area contributed by atoms with Crippen molar-refractivity contribution in [2.24, 2.45) is 5.10 Å². The number of thioether (sulfide) groups is 1. The predicted molar refractivity (Wildman–Crippen MR) is 111 cm³/mol. The number of aromatic amines is 1. The molecule has 1 aromatic heterocycles. The molecule has 0 radical (unpaired) electrons. The third-order valence-corrected chi connectivity index (χ3v) is 4.93. The zero-order valence-corrected chi connectivity index (χ0v) is 17.1. The Labute approximate surface area is 173 Å². The van der Waals surface area contributed by atoms with Gasteiger partial charge in [-0.05, 0) is 35.9 Å². The van der Waals surface area contributed by atoms with Crippen molar-refractivity contribution >= 4 is 45.6 Å². The molecule has 0 aliphatic heterocycles. The number of nitrogens with one attached hydrogen (secondary N) is 2. The third kappa shape index (κ3) is 5.33. The Morgan fingerprint density at radius 1 is 1.36 bits per heavy atom. The number of hydrogen-bond donors (Lipinski definition) is 3. The van der Waals surface area contributed by atoms with Crippen LogP contribution in [0, 0.1) is 0 Å².